The van der Waals surface area contributed by atoms with E-state index in [1.807, 2.05) is 6.07 Å². The molecule has 0 bridgehead atoms. The third kappa shape index (κ3) is 2.88. The fraction of sp³-hybridized carbons (Fsp3) is 0.435. The van der Waals surface area contributed by atoms with E-state index < -0.39 is 0 Å². The molecule has 1 amide bonds. The molecule has 0 unspecified atom stereocenters. The highest BCUT2D eigenvalue weighted by molar-refractivity contribution is 5.85. The van der Waals surface area contributed by atoms with Gasteiger partial charge in [-0.1, -0.05) is 60.7 Å². The average molecular weight is 361 g/mol. The smallest absolute Gasteiger partial charge is 0.232 e. The van der Waals surface area contributed by atoms with Crippen LogP contribution in [0.4, 0.5) is 0 Å². The quantitative estimate of drug-likeness (QED) is 0.878. The van der Waals surface area contributed by atoms with Crippen molar-refractivity contribution in [3.05, 3.63) is 71.8 Å². The molecule has 3 aliphatic heterocycles. The van der Waals surface area contributed by atoms with Crippen LogP contribution in [0.2, 0.25) is 0 Å². The molecule has 2 aromatic carbocycles. The first-order chi connectivity index (χ1) is 13.3. The molecule has 0 aliphatic carbocycles. The Labute approximate surface area is 161 Å². The van der Waals surface area contributed by atoms with Gasteiger partial charge in [0.25, 0.3) is 0 Å². The molecule has 0 radical (unpaired) electrons. The number of hydrogen-bond acceptors (Lipinski definition) is 3. The first kappa shape index (κ1) is 17.0. The average Bonchev–Trinajstić information content (AvgIpc) is 3.27. The fourth-order valence-corrected chi connectivity index (χ4v) is 5.28. The number of nitrogens with zero attached hydrogens (tertiary/aromatic N) is 1. The van der Waals surface area contributed by atoms with Crippen molar-refractivity contribution in [2.75, 3.05) is 32.7 Å². The Hall–Kier alpha value is -2.17. The van der Waals surface area contributed by atoms with Crippen molar-refractivity contribution < 1.29 is 4.79 Å². The Balaban J connectivity index is 1.45. The standard InChI is InChI=1S/C23H27N3O/c27-22(23(15-25-16-23)11-17-7-3-1-4-8-17)26-14-19-12-24-13-20(19)21(26)18-9-5-2-6-10-18/h1-10,19-21,24-25H,11-16H2/t19-,20-,21+/m0/s1. The van der Waals surface area contributed by atoms with Gasteiger partial charge in [0.05, 0.1) is 11.5 Å². The van der Waals surface area contributed by atoms with E-state index in [1.54, 1.807) is 0 Å². The highest BCUT2D eigenvalue weighted by atomic mass is 16.2. The van der Waals surface area contributed by atoms with Crippen LogP contribution in [-0.4, -0.2) is 43.5 Å². The van der Waals surface area contributed by atoms with Crippen LogP contribution in [0.25, 0.3) is 0 Å². The minimum atomic E-state index is -0.291. The van der Waals surface area contributed by atoms with Crippen molar-refractivity contribution in [1.82, 2.24) is 15.5 Å². The molecule has 3 aliphatic rings. The van der Waals surface area contributed by atoms with Gasteiger partial charge in [-0.15, -0.1) is 0 Å². The molecule has 2 aromatic rings. The van der Waals surface area contributed by atoms with Crippen LogP contribution in [-0.2, 0) is 11.2 Å². The lowest BCUT2D eigenvalue weighted by atomic mass is 9.74. The number of nitrogens with one attached hydrogen (secondary N) is 2. The van der Waals surface area contributed by atoms with E-state index in [0.717, 1.165) is 39.1 Å². The molecule has 0 spiro atoms. The van der Waals surface area contributed by atoms with Gasteiger partial charge in [0.2, 0.25) is 5.91 Å². The second-order valence-electron chi connectivity index (χ2n) is 8.44. The number of benzene rings is 2. The van der Waals surface area contributed by atoms with E-state index in [9.17, 15) is 4.79 Å². The summed E-state index contributed by atoms with van der Waals surface area (Å²) in [5, 5.41) is 6.91. The van der Waals surface area contributed by atoms with Crippen LogP contribution in [0, 0.1) is 17.3 Å². The summed E-state index contributed by atoms with van der Waals surface area (Å²) in [6.45, 7) is 4.49. The fourth-order valence-electron chi connectivity index (χ4n) is 5.28. The number of carbonyl (C=O) groups excluding carboxylic acids is 1. The zero-order valence-corrected chi connectivity index (χ0v) is 15.6. The Morgan fingerprint density at radius 2 is 1.67 bits per heavy atom. The lowest BCUT2D eigenvalue weighted by molar-refractivity contribution is -0.147. The topological polar surface area (TPSA) is 44.4 Å². The van der Waals surface area contributed by atoms with E-state index >= 15 is 0 Å². The number of rotatable bonds is 4. The molecule has 3 heterocycles. The Morgan fingerprint density at radius 3 is 2.33 bits per heavy atom. The van der Waals surface area contributed by atoms with Gasteiger partial charge in [0, 0.05) is 38.6 Å². The van der Waals surface area contributed by atoms with Crippen molar-refractivity contribution in [2.24, 2.45) is 17.3 Å². The molecular weight excluding hydrogens is 334 g/mol. The maximum Gasteiger partial charge on any atom is 0.232 e. The predicted molar refractivity (Wildman–Crippen MR) is 106 cm³/mol. The van der Waals surface area contributed by atoms with Crippen LogP contribution < -0.4 is 10.6 Å². The molecular formula is C23H27N3O. The second kappa shape index (κ2) is 6.77. The highest BCUT2D eigenvalue weighted by Gasteiger charge is 2.53. The predicted octanol–water partition coefficient (Wildman–Crippen LogP) is 2.24. The SMILES string of the molecule is O=C(N1C[C@@H]2CNC[C@@H]2[C@H]1c1ccccc1)C1(Cc2ccccc2)CNC1. The van der Waals surface area contributed by atoms with Crippen molar-refractivity contribution in [3.63, 3.8) is 0 Å². The van der Waals surface area contributed by atoms with Crippen LogP contribution in [0.5, 0.6) is 0 Å². The minimum Gasteiger partial charge on any atom is -0.334 e. The van der Waals surface area contributed by atoms with Gasteiger partial charge < -0.3 is 15.5 Å². The van der Waals surface area contributed by atoms with E-state index in [0.29, 0.717) is 17.7 Å². The first-order valence-electron chi connectivity index (χ1n) is 10.1. The zero-order valence-electron chi connectivity index (χ0n) is 15.6. The molecule has 140 valence electrons. The Morgan fingerprint density at radius 1 is 0.963 bits per heavy atom. The number of likely N-dealkylation sites (tertiary alicyclic amines) is 1. The van der Waals surface area contributed by atoms with Crippen molar-refractivity contribution in [1.29, 1.82) is 0 Å². The van der Waals surface area contributed by atoms with Gasteiger partial charge in [-0.25, -0.2) is 0 Å². The summed E-state index contributed by atoms with van der Waals surface area (Å²) in [6.07, 6.45) is 0.825. The number of fused-ring (bicyclic) bond motifs is 1. The lowest BCUT2D eigenvalue weighted by Gasteiger charge is -2.45. The molecule has 0 aromatic heterocycles. The zero-order chi connectivity index (χ0) is 18.3. The molecule has 3 fully saturated rings. The first-order valence-corrected chi connectivity index (χ1v) is 10.1. The molecule has 4 heteroatoms. The largest absolute Gasteiger partial charge is 0.334 e. The van der Waals surface area contributed by atoms with Crippen molar-refractivity contribution in [3.8, 4) is 0 Å². The minimum absolute atomic E-state index is 0.201. The van der Waals surface area contributed by atoms with Gasteiger partial charge in [0.15, 0.2) is 0 Å². The van der Waals surface area contributed by atoms with Gasteiger partial charge in [-0.05, 0) is 23.5 Å². The molecule has 0 saturated carbocycles. The maximum absolute atomic E-state index is 13.8. The molecule has 3 saturated heterocycles. The van der Waals surface area contributed by atoms with Gasteiger partial charge in [-0.3, -0.25) is 4.79 Å². The lowest BCUT2D eigenvalue weighted by Crippen LogP contribution is -2.63. The van der Waals surface area contributed by atoms with E-state index in [1.165, 1.54) is 11.1 Å². The van der Waals surface area contributed by atoms with Crippen LogP contribution in [0.15, 0.2) is 60.7 Å². The number of carbonyl (C=O) groups is 1. The normalized spacial score (nSPS) is 28.6. The van der Waals surface area contributed by atoms with Gasteiger partial charge in [0.1, 0.15) is 0 Å². The van der Waals surface area contributed by atoms with Crippen molar-refractivity contribution in [2.45, 2.75) is 12.5 Å². The second-order valence-corrected chi connectivity index (χ2v) is 8.44. The molecule has 3 atom stereocenters. The summed E-state index contributed by atoms with van der Waals surface area (Å²) in [6, 6.07) is 21.3. The highest BCUT2D eigenvalue weighted by Crippen LogP contribution is 2.45. The third-order valence-electron chi connectivity index (χ3n) is 6.73. The van der Waals surface area contributed by atoms with Crippen LogP contribution >= 0.6 is 0 Å². The van der Waals surface area contributed by atoms with Gasteiger partial charge in [-0.2, -0.15) is 0 Å². The molecule has 4 nitrogen and oxygen atoms in total. The summed E-state index contributed by atoms with van der Waals surface area (Å²) >= 11 is 0. The summed E-state index contributed by atoms with van der Waals surface area (Å²) in [4.78, 5) is 16.1. The van der Waals surface area contributed by atoms with Crippen LogP contribution in [0.3, 0.4) is 0 Å². The number of amides is 1. The third-order valence-corrected chi connectivity index (χ3v) is 6.73. The van der Waals surface area contributed by atoms with Crippen LogP contribution in [0.1, 0.15) is 17.2 Å². The summed E-state index contributed by atoms with van der Waals surface area (Å²) < 4.78 is 0. The van der Waals surface area contributed by atoms with E-state index in [2.05, 4.69) is 70.1 Å². The summed E-state index contributed by atoms with van der Waals surface area (Å²) in [5.74, 6) is 1.44. The summed E-state index contributed by atoms with van der Waals surface area (Å²) in [7, 11) is 0. The number of hydrogen-bond donors (Lipinski definition) is 2. The molecule has 27 heavy (non-hydrogen) atoms. The Kier molecular flexibility index (Phi) is 4.25. The Bertz CT molecular complexity index is 803. The maximum atomic E-state index is 13.8. The van der Waals surface area contributed by atoms with E-state index in [-0.39, 0.29) is 11.5 Å². The van der Waals surface area contributed by atoms with Gasteiger partial charge >= 0.3 is 0 Å². The summed E-state index contributed by atoms with van der Waals surface area (Å²) in [5.41, 5.74) is 2.24. The molecule has 5 rings (SSSR count). The molecule has 2 N–H and O–H groups in total. The van der Waals surface area contributed by atoms with E-state index in [4.69, 9.17) is 0 Å². The van der Waals surface area contributed by atoms with Crippen molar-refractivity contribution >= 4 is 5.91 Å². The monoisotopic (exact) mass is 361 g/mol.